The van der Waals surface area contributed by atoms with Crippen LogP contribution in [0.4, 0.5) is 5.82 Å². The van der Waals surface area contributed by atoms with Gasteiger partial charge in [0.25, 0.3) is 0 Å². The normalized spacial score (nSPS) is 17.0. The lowest BCUT2D eigenvalue weighted by Gasteiger charge is -2.20. The minimum Gasteiger partial charge on any atom is -0.373 e. The standard InChI is InChI=1S/C22H31N5O/c1-16(2)12-26(4)15-21-24-19(11-20(23-3)25-21)18-10-22(28)27(14-18)13-17-8-6-5-7-9-17/h5-9,11,16,18H,10,12-15H2,1-4H3,(H,23,24,25). The second kappa shape index (κ2) is 9.15. The highest BCUT2D eigenvalue weighted by Gasteiger charge is 2.32. The van der Waals surface area contributed by atoms with Crippen LogP contribution in [0.15, 0.2) is 36.4 Å². The highest BCUT2D eigenvalue weighted by atomic mass is 16.2. The van der Waals surface area contributed by atoms with E-state index >= 15 is 0 Å². The van der Waals surface area contributed by atoms with E-state index in [9.17, 15) is 4.79 Å². The first-order valence-corrected chi connectivity index (χ1v) is 10.0. The fourth-order valence-corrected chi connectivity index (χ4v) is 3.78. The number of hydrogen-bond acceptors (Lipinski definition) is 5. The summed E-state index contributed by atoms with van der Waals surface area (Å²) in [6.45, 7) is 7.47. The summed E-state index contributed by atoms with van der Waals surface area (Å²) in [4.78, 5) is 26.2. The Morgan fingerprint density at radius 2 is 2.00 bits per heavy atom. The quantitative estimate of drug-likeness (QED) is 0.761. The second-order valence-corrected chi connectivity index (χ2v) is 8.10. The number of carbonyl (C=O) groups is 1. The Kier molecular flexibility index (Phi) is 6.62. The lowest BCUT2D eigenvalue weighted by atomic mass is 10.0. The molecule has 1 aromatic heterocycles. The molecule has 1 aliphatic rings. The summed E-state index contributed by atoms with van der Waals surface area (Å²) < 4.78 is 0. The maximum absolute atomic E-state index is 12.6. The molecule has 28 heavy (non-hydrogen) atoms. The van der Waals surface area contributed by atoms with Gasteiger partial charge in [0.2, 0.25) is 5.91 Å². The van der Waals surface area contributed by atoms with Crippen molar-refractivity contribution in [3.05, 3.63) is 53.5 Å². The molecule has 1 N–H and O–H groups in total. The molecule has 6 heteroatoms. The Morgan fingerprint density at radius 3 is 2.68 bits per heavy atom. The number of hydrogen-bond donors (Lipinski definition) is 1. The Balaban J connectivity index is 1.73. The number of carbonyl (C=O) groups excluding carboxylic acids is 1. The van der Waals surface area contributed by atoms with Gasteiger partial charge in [-0.3, -0.25) is 9.69 Å². The predicted octanol–water partition coefficient (Wildman–Crippen LogP) is 3.12. The van der Waals surface area contributed by atoms with Crippen LogP contribution in [0.1, 0.15) is 43.3 Å². The van der Waals surface area contributed by atoms with Gasteiger partial charge in [-0.05, 0) is 18.5 Å². The molecular weight excluding hydrogens is 350 g/mol. The average Bonchev–Trinajstić information content (AvgIpc) is 3.02. The largest absolute Gasteiger partial charge is 0.373 e. The zero-order chi connectivity index (χ0) is 20.1. The van der Waals surface area contributed by atoms with Gasteiger partial charge in [-0.15, -0.1) is 0 Å². The molecular formula is C22H31N5O. The van der Waals surface area contributed by atoms with E-state index in [0.717, 1.165) is 29.4 Å². The SMILES string of the molecule is CNc1cc(C2CC(=O)N(Cc3ccccc3)C2)nc(CN(C)CC(C)C)n1. The van der Waals surface area contributed by atoms with E-state index < -0.39 is 0 Å². The summed E-state index contributed by atoms with van der Waals surface area (Å²) in [7, 11) is 3.96. The van der Waals surface area contributed by atoms with Crippen molar-refractivity contribution in [3.8, 4) is 0 Å². The molecule has 1 saturated heterocycles. The summed E-state index contributed by atoms with van der Waals surface area (Å²) in [5, 5.41) is 3.14. The van der Waals surface area contributed by atoms with E-state index in [1.807, 2.05) is 36.2 Å². The first kappa shape index (κ1) is 20.3. The molecule has 1 aromatic carbocycles. The number of benzene rings is 1. The molecule has 1 amide bonds. The van der Waals surface area contributed by atoms with E-state index in [4.69, 9.17) is 4.98 Å². The van der Waals surface area contributed by atoms with Gasteiger partial charge >= 0.3 is 0 Å². The Bertz CT molecular complexity index is 793. The molecule has 0 saturated carbocycles. The van der Waals surface area contributed by atoms with Crippen LogP contribution >= 0.6 is 0 Å². The van der Waals surface area contributed by atoms with Gasteiger partial charge < -0.3 is 10.2 Å². The molecule has 0 spiro atoms. The fraction of sp³-hybridized carbons (Fsp3) is 0.500. The van der Waals surface area contributed by atoms with E-state index in [-0.39, 0.29) is 11.8 Å². The number of nitrogens with one attached hydrogen (secondary N) is 1. The Morgan fingerprint density at radius 1 is 1.25 bits per heavy atom. The fourth-order valence-electron chi connectivity index (χ4n) is 3.78. The third-order valence-corrected chi connectivity index (χ3v) is 4.99. The molecule has 1 atom stereocenters. The molecule has 1 aliphatic heterocycles. The molecule has 0 bridgehead atoms. The van der Waals surface area contributed by atoms with Crippen LogP contribution < -0.4 is 5.32 Å². The third-order valence-electron chi connectivity index (χ3n) is 4.99. The first-order valence-electron chi connectivity index (χ1n) is 10.0. The number of likely N-dealkylation sites (tertiary alicyclic amines) is 1. The molecule has 6 nitrogen and oxygen atoms in total. The highest BCUT2D eigenvalue weighted by molar-refractivity contribution is 5.79. The predicted molar refractivity (Wildman–Crippen MR) is 112 cm³/mol. The van der Waals surface area contributed by atoms with Crippen LogP contribution in [-0.2, 0) is 17.9 Å². The summed E-state index contributed by atoms with van der Waals surface area (Å²) in [5.41, 5.74) is 2.11. The van der Waals surface area contributed by atoms with E-state index in [2.05, 4.69) is 48.2 Å². The van der Waals surface area contributed by atoms with Crippen LogP contribution in [0.25, 0.3) is 0 Å². The first-order chi connectivity index (χ1) is 13.4. The van der Waals surface area contributed by atoms with Crippen LogP contribution in [-0.4, -0.2) is 52.9 Å². The van der Waals surface area contributed by atoms with Crippen molar-refractivity contribution in [1.82, 2.24) is 19.8 Å². The van der Waals surface area contributed by atoms with Crippen molar-refractivity contribution in [3.63, 3.8) is 0 Å². The van der Waals surface area contributed by atoms with Gasteiger partial charge in [0.15, 0.2) is 0 Å². The topological polar surface area (TPSA) is 61.4 Å². The van der Waals surface area contributed by atoms with Gasteiger partial charge in [0.05, 0.1) is 12.2 Å². The molecule has 2 aromatic rings. The maximum atomic E-state index is 12.6. The molecule has 2 heterocycles. The van der Waals surface area contributed by atoms with Crippen molar-refractivity contribution in [2.24, 2.45) is 5.92 Å². The van der Waals surface area contributed by atoms with Crippen LogP contribution in [0, 0.1) is 5.92 Å². The van der Waals surface area contributed by atoms with Crippen molar-refractivity contribution in [2.75, 3.05) is 32.5 Å². The summed E-state index contributed by atoms with van der Waals surface area (Å²) in [5.74, 6) is 2.51. The summed E-state index contributed by atoms with van der Waals surface area (Å²) in [6.07, 6.45) is 0.508. The lowest BCUT2D eigenvalue weighted by molar-refractivity contribution is -0.128. The maximum Gasteiger partial charge on any atom is 0.223 e. The molecule has 1 fully saturated rings. The lowest BCUT2D eigenvalue weighted by Crippen LogP contribution is -2.25. The number of anilines is 1. The van der Waals surface area contributed by atoms with Gasteiger partial charge in [0.1, 0.15) is 11.6 Å². The summed E-state index contributed by atoms with van der Waals surface area (Å²) in [6, 6.07) is 12.1. The Labute approximate surface area is 168 Å². The van der Waals surface area contributed by atoms with E-state index in [0.29, 0.717) is 32.0 Å². The second-order valence-electron chi connectivity index (χ2n) is 8.10. The van der Waals surface area contributed by atoms with Crippen LogP contribution in [0.5, 0.6) is 0 Å². The van der Waals surface area contributed by atoms with Gasteiger partial charge in [-0.25, -0.2) is 9.97 Å². The number of aromatic nitrogens is 2. The number of nitrogens with zero attached hydrogens (tertiary/aromatic N) is 4. The highest BCUT2D eigenvalue weighted by Crippen LogP contribution is 2.29. The molecule has 0 aliphatic carbocycles. The van der Waals surface area contributed by atoms with Crippen molar-refractivity contribution >= 4 is 11.7 Å². The van der Waals surface area contributed by atoms with Crippen LogP contribution in [0.2, 0.25) is 0 Å². The zero-order valence-corrected chi connectivity index (χ0v) is 17.4. The molecule has 0 radical (unpaired) electrons. The van der Waals surface area contributed by atoms with Crippen molar-refractivity contribution < 1.29 is 4.79 Å². The van der Waals surface area contributed by atoms with E-state index in [1.165, 1.54) is 0 Å². The van der Waals surface area contributed by atoms with Crippen LogP contribution in [0.3, 0.4) is 0 Å². The van der Waals surface area contributed by atoms with Crippen molar-refractivity contribution in [2.45, 2.75) is 39.3 Å². The molecule has 3 rings (SSSR count). The minimum atomic E-state index is 0.112. The summed E-state index contributed by atoms with van der Waals surface area (Å²) >= 11 is 0. The number of amides is 1. The smallest absolute Gasteiger partial charge is 0.223 e. The number of rotatable bonds is 8. The average molecular weight is 382 g/mol. The molecule has 150 valence electrons. The Hall–Kier alpha value is -2.47. The van der Waals surface area contributed by atoms with Gasteiger partial charge in [0, 0.05) is 45.1 Å². The molecule has 1 unspecified atom stereocenters. The van der Waals surface area contributed by atoms with Crippen molar-refractivity contribution in [1.29, 1.82) is 0 Å². The monoisotopic (exact) mass is 381 g/mol. The van der Waals surface area contributed by atoms with Gasteiger partial charge in [-0.1, -0.05) is 44.2 Å². The third kappa shape index (κ3) is 5.29. The zero-order valence-electron chi connectivity index (χ0n) is 17.4. The van der Waals surface area contributed by atoms with Gasteiger partial charge in [-0.2, -0.15) is 0 Å². The minimum absolute atomic E-state index is 0.112. The van der Waals surface area contributed by atoms with E-state index in [1.54, 1.807) is 0 Å².